The molecule has 2 heterocycles. The number of piperidine rings is 1. The molecule has 0 radical (unpaired) electrons. The first-order valence-corrected chi connectivity index (χ1v) is 10.1. The molecule has 6 heteroatoms. The Morgan fingerprint density at radius 1 is 0.897 bits per heavy atom. The topological polar surface area (TPSA) is 49.9 Å². The second-order valence-electron chi connectivity index (χ2n) is 7.63. The summed E-state index contributed by atoms with van der Waals surface area (Å²) < 4.78 is 18.9. The van der Waals surface area contributed by atoms with Crippen molar-refractivity contribution in [3.05, 3.63) is 71.5 Å². The van der Waals surface area contributed by atoms with Gasteiger partial charge in [-0.15, -0.1) is 0 Å². The molecule has 0 N–H and O–H groups in total. The molecule has 1 atom stereocenters. The van der Waals surface area contributed by atoms with Gasteiger partial charge < -0.3 is 14.5 Å². The smallest absolute Gasteiger partial charge is 0.253 e. The number of nitrogens with zero attached hydrogens (tertiary/aromatic N) is 2. The van der Waals surface area contributed by atoms with E-state index < -0.39 is 0 Å². The average Bonchev–Trinajstić information content (AvgIpc) is 2.79. The Kier molecular flexibility index (Phi) is 5.90. The maximum atomic E-state index is 13.1. The van der Waals surface area contributed by atoms with E-state index in [-0.39, 0.29) is 29.7 Å². The van der Waals surface area contributed by atoms with Crippen LogP contribution in [0, 0.1) is 11.7 Å². The largest absolute Gasteiger partial charge is 0.370 e. The maximum Gasteiger partial charge on any atom is 0.253 e. The van der Waals surface area contributed by atoms with Crippen LogP contribution in [0.5, 0.6) is 0 Å². The third kappa shape index (κ3) is 4.48. The van der Waals surface area contributed by atoms with Gasteiger partial charge >= 0.3 is 0 Å². The highest BCUT2D eigenvalue weighted by molar-refractivity contribution is 5.94. The molecule has 0 aromatic heterocycles. The van der Waals surface area contributed by atoms with Gasteiger partial charge in [0.1, 0.15) is 11.9 Å². The van der Waals surface area contributed by atoms with E-state index in [4.69, 9.17) is 4.74 Å². The highest BCUT2D eigenvalue weighted by atomic mass is 19.1. The van der Waals surface area contributed by atoms with Gasteiger partial charge in [-0.25, -0.2) is 4.39 Å². The SMILES string of the molecule is O=C(c1ccc(F)cc1)N1CCC(C(=O)N2CCOC(c3ccccc3)C2)CC1. The summed E-state index contributed by atoms with van der Waals surface area (Å²) in [5.41, 5.74) is 1.57. The van der Waals surface area contributed by atoms with Gasteiger partial charge in [-0.2, -0.15) is 0 Å². The van der Waals surface area contributed by atoms with E-state index in [0.717, 1.165) is 5.56 Å². The van der Waals surface area contributed by atoms with E-state index in [9.17, 15) is 14.0 Å². The molecule has 4 rings (SSSR count). The van der Waals surface area contributed by atoms with Gasteiger partial charge in [0.25, 0.3) is 5.91 Å². The van der Waals surface area contributed by atoms with Crippen LogP contribution in [0.4, 0.5) is 4.39 Å². The van der Waals surface area contributed by atoms with Crippen LogP contribution in [-0.4, -0.2) is 54.4 Å². The number of morpholine rings is 1. The summed E-state index contributed by atoms with van der Waals surface area (Å²) in [4.78, 5) is 29.3. The molecule has 29 heavy (non-hydrogen) atoms. The molecule has 2 aliphatic heterocycles. The molecule has 2 aromatic carbocycles. The lowest BCUT2D eigenvalue weighted by Gasteiger charge is -2.38. The second kappa shape index (κ2) is 8.74. The Hall–Kier alpha value is -2.73. The van der Waals surface area contributed by atoms with Crippen molar-refractivity contribution in [2.75, 3.05) is 32.8 Å². The molecule has 5 nitrogen and oxygen atoms in total. The number of rotatable bonds is 3. The molecule has 0 spiro atoms. The molecule has 152 valence electrons. The summed E-state index contributed by atoms with van der Waals surface area (Å²) >= 11 is 0. The summed E-state index contributed by atoms with van der Waals surface area (Å²) in [6, 6.07) is 15.6. The molecule has 2 aromatic rings. The van der Waals surface area contributed by atoms with Gasteiger partial charge in [0.2, 0.25) is 5.91 Å². The van der Waals surface area contributed by atoms with Crippen molar-refractivity contribution < 1.29 is 18.7 Å². The van der Waals surface area contributed by atoms with E-state index in [1.165, 1.54) is 24.3 Å². The number of carbonyl (C=O) groups excluding carboxylic acids is 2. The van der Waals surface area contributed by atoms with Crippen molar-refractivity contribution in [2.24, 2.45) is 5.92 Å². The normalized spacial score (nSPS) is 20.5. The molecular formula is C23H25FN2O3. The molecule has 2 saturated heterocycles. The first-order chi connectivity index (χ1) is 14.1. The number of hydrogen-bond acceptors (Lipinski definition) is 3. The number of halogens is 1. The summed E-state index contributed by atoms with van der Waals surface area (Å²) in [7, 11) is 0. The molecule has 2 fully saturated rings. The van der Waals surface area contributed by atoms with Gasteiger partial charge in [0, 0.05) is 31.1 Å². The minimum absolute atomic E-state index is 0.0678. The summed E-state index contributed by atoms with van der Waals surface area (Å²) in [5, 5.41) is 0. The quantitative estimate of drug-likeness (QED) is 0.800. The number of amides is 2. The third-order valence-electron chi connectivity index (χ3n) is 5.77. The zero-order chi connectivity index (χ0) is 20.2. The van der Waals surface area contributed by atoms with Gasteiger partial charge in [0.05, 0.1) is 13.2 Å². The number of likely N-dealkylation sites (tertiary alicyclic amines) is 1. The predicted octanol–water partition coefficient (Wildman–Crippen LogP) is 3.28. The van der Waals surface area contributed by atoms with Gasteiger partial charge in [-0.3, -0.25) is 9.59 Å². The summed E-state index contributed by atoms with van der Waals surface area (Å²) in [5.74, 6) is -0.374. The Balaban J connectivity index is 1.33. The minimum atomic E-state index is -0.356. The molecule has 2 amide bonds. The zero-order valence-electron chi connectivity index (χ0n) is 16.3. The van der Waals surface area contributed by atoms with Crippen LogP contribution in [0.2, 0.25) is 0 Å². The lowest BCUT2D eigenvalue weighted by atomic mass is 9.94. The molecular weight excluding hydrogens is 371 g/mol. The third-order valence-corrected chi connectivity index (χ3v) is 5.77. The fraction of sp³-hybridized carbons (Fsp3) is 0.391. The molecule has 1 unspecified atom stereocenters. The Labute approximate surface area is 170 Å². The van der Waals surface area contributed by atoms with Crippen molar-refractivity contribution in [2.45, 2.75) is 18.9 Å². The van der Waals surface area contributed by atoms with Gasteiger partial charge in [-0.05, 0) is 42.7 Å². The fourth-order valence-corrected chi connectivity index (χ4v) is 4.08. The molecule has 0 aliphatic carbocycles. The van der Waals surface area contributed by atoms with Gasteiger partial charge in [-0.1, -0.05) is 30.3 Å². The van der Waals surface area contributed by atoms with Crippen LogP contribution >= 0.6 is 0 Å². The van der Waals surface area contributed by atoms with Crippen molar-refractivity contribution in [3.8, 4) is 0 Å². The first kappa shape index (κ1) is 19.6. The fourth-order valence-electron chi connectivity index (χ4n) is 4.08. The average molecular weight is 396 g/mol. The lowest BCUT2D eigenvalue weighted by molar-refractivity contribution is -0.144. The maximum absolute atomic E-state index is 13.1. The minimum Gasteiger partial charge on any atom is -0.370 e. The van der Waals surface area contributed by atoms with E-state index in [1.54, 1.807) is 4.90 Å². The van der Waals surface area contributed by atoms with Gasteiger partial charge in [0.15, 0.2) is 0 Å². The Morgan fingerprint density at radius 3 is 2.28 bits per heavy atom. The standard InChI is InChI=1S/C23H25FN2O3/c24-20-8-6-18(7-9-20)22(27)25-12-10-19(11-13-25)23(28)26-14-15-29-21(16-26)17-4-2-1-3-5-17/h1-9,19,21H,10-16H2. The predicted molar refractivity (Wildman–Crippen MR) is 107 cm³/mol. The van der Waals surface area contributed by atoms with Crippen molar-refractivity contribution in [1.29, 1.82) is 0 Å². The van der Waals surface area contributed by atoms with E-state index in [2.05, 4.69) is 0 Å². The summed E-state index contributed by atoms with van der Waals surface area (Å²) in [6.45, 7) is 2.79. The van der Waals surface area contributed by atoms with Crippen LogP contribution < -0.4 is 0 Å². The number of benzene rings is 2. The Morgan fingerprint density at radius 2 is 1.59 bits per heavy atom. The second-order valence-corrected chi connectivity index (χ2v) is 7.63. The van der Waals surface area contributed by atoms with Crippen LogP contribution in [0.1, 0.15) is 34.9 Å². The van der Waals surface area contributed by atoms with Crippen molar-refractivity contribution in [3.63, 3.8) is 0 Å². The van der Waals surface area contributed by atoms with Crippen molar-refractivity contribution >= 4 is 11.8 Å². The van der Waals surface area contributed by atoms with Crippen LogP contribution in [0.15, 0.2) is 54.6 Å². The lowest BCUT2D eigenvalue weighted by Crippen LogP contribution is -2.48. The van der Waals surface area contributed by atoms with Crippen LogP contribution in [0.25, 0.3) is 0 Å². The van der Waals surface area contributed by atoms with Crippen LogP contribution in [-0.2, 0) is 9.53 Å². The number of carbonyl (C=O) groups is 2. The first-order valence-electron chi connectivity index (χ1n) is 10.1. The monoisotopic (exact) mass is 396 g/mol. The zero-order valence-corrected chi connectivity index (χ0v) is 16.3. The summed E-state index contributed by atoms with van der Waals surface area (Å²) in [6.07, 6.45) is 1.21. The van der Waals surface area contributed by atoms with Crippen molar-refractivity contribution in [1.82, 2.24) is 9.80 Å². The van der Waals surface area contributed by atoms with Crippen LogP contribution in [0.3, 0.4) is 0 Å². The molecule has 2 aliphatic rings. The van der Waals surface area contributed by atoms with E-state index in [1.807, 2.05) is 35.2 Å². The highest BCUT2D eigenvalue weighted by Crippen LogP contribution is 2.26. The number of hydrogen-bond donors (Lipinski definition) is 0. The Bertz CT molecular complexity index is 848. The van der Waals surface area contributed by atoms with E-state index in [0.29, 0.717) is 51.2 Å². The molecule has 0 saturated carbocycles. The molecule has 0 bridgehead atoms. The number of ether oxygens (including phenoxy) is 1. The van der Waals surface area contributed by atoms with E-state index >= 15 is 0 Å². The highest BCUT2D eigenvalue weighted by Gasteiger charge is 2.33.